The fraction of sp³-hybridized carbons (Fsp3) is 0.600. The molecule has 0 aromatic heterocycles. The minimum atomic E-state index is -1.17. The molecule has 1 aliphatic heterocycles. The molecule has 1 aliphatic carbocycles. The first-order chi connectivity index (χ1) is 13.3. The van der Waals surface area contributed by atoms with Crippen LogP contribution in [0.25, 0.3) is 0 Å². The van der Waals surface area contributed by atoms with Crippen molar-refractivity contribution < 1.29 is 19.4 Å². The lowest BCUT2D eigenvalue weighted by Crippen LogP contribution is -2.61. The van der Waals surface area contributed by atoms with Crippen LogP contribution in [-0.2, 0) is 9.53 Å². The van der Waals surface area contributed by atoms with Crippen molar-refractivity contribution in [3.05, 3.63) is 33.8 Å². The van der Waals surface area contributed by atoms with Gasteiger partial charge in [0, 0.05) is 39.1 Å². The molecule has 8 heteroatoms. The highest BCUT2D eigenvalue weighted by molar-refractivity contribution is 6.42. The van der Waals surface area contributed by atoms with E-state index < -0.39 is 11.6 Å². The summed E-state index contributed by atoms with van der Waals surface area (Å²) in [6.07, 6.45) is 2.09. The summed E-state index contributed by atoms with van der Waals surface area (Å²) in [6.45, 7) is 0.776. The molecule has 2 fully saturated rings. The molecular formula is C20H26Cl2N2O4. The van der Waals surface area contributed by atoms with Gasteiger partial charge in [0.1, 0.15) is 5.54 Å². The van der Waals surface area contributed by atoms with Crippen molar-refractivity contribution in [2.45, 2.75) is 43.2 Å². The smallest absolute Gasteiger partial charge is 0.407 e. The minimum absolute atomic E-state index is 0.0203. The van der Waals surface area contributed by atoms with Gasteiger partial charge in [-0.15, -0.1) is 0 Å². The molecule has 154 valence electrons. The van der Waals surface area contributed by atoms with Gasteiger partial charge in [-0.3, -0.25) is 9.69 Å². The van der Waals surface area contributed by atoms with Crippen LogP contribution in [0.3, 0.4) is 0 Å². The zero-order chi connectivity index (χ0) is 20.5. The third-order valence-corrected chi connectivity index (χ3v) is 7.09. The third-order valence-electron chi connectivity index (χ3n) is 6.36. The number of nitrogens with one attached hydrogen (secondary N) is 1. The Labute approximate surface area is 175 Å². The Morgan fingerprint density at radius 2 is 1.89 bits per heavy atom. The molecule has 2 aliphatic rings. The summed E-state index contributed by atoms with van der Waals surface area (Å²) in [7, 11) is 3.17. The van der Waals surface area contributed by atoms with E-state index in [9.17, 15) is 14.7 Å². The number of benzene rings is 1. The number of carbonyl (C=O) groups is 2. The molecule has 1 amide bonds. The molecule has 0 bridgehead atoms. The van der Waals surface area contributed by atoms with E-state index in [0.717, 1.165) is 18.4 Å². The maximum absolute atomic E-state index is 13.8. The first kappa shape index (κ1) is 21.4. The van der Waals surface area contributed by atoms with Gasteiger partial charge in [0.05, 0.1) is 16.1 Å². The molecule has 0 unspecified atom stereocenters. The fourth-order valence-electron chi connectivity index (χ4n) is 4.68. The topological polar surface area (TPSA) is 78.9 Å². The van der Waals surface area contributed by atoms with Crippen molar-refractivity contribution in [3.63, 3.8) is 0 Å². The van der Waals surface area contributed by atoms with Gasteiger partial charge >= 0.3 is 6.09 Å². The van der Waals surface area contributed by atoms with Gasteiger partial charge in [-0.1, -0.05) is 29.3 Å². The molecule has 1 saturated heterocycles. The molecule has 0 spiro atoms. The maximum atomic E-state index is 13.8. The molecule has 0 radical (unpaired) electrons. The Hall–Kier alpha value is -1.34. The van der Waals surface area contributed by atoms with Crippen LogP contribution < -0.4 is 5.32 Å². The second-order valence-corrected chi connectivity index (χ2v) is 8.51. The Balaban J connectivity index is 1.98. The lowest BCUT2D eigenvalue weighted by molar-refractivity contribution is -0.135. The summed E-state index contributed by atoms with van der Waals surface area (Å²) >= 11 is 12.3. The average Bonchev–Trinajstić information content (AvgIpc) is 3.14. The number of halogens is 2. The molecule has 1 aromatic rings. The van der Waals surface area contributed by atoms with Crippen LogP contribution in [0.1, 0.15) is 37.2 Å². The number of hydrogen-bond donors (Lipinski definition) is 2. The zero-order valence-corrected chi connectivity index (χ0v) is 17.6. The van der Waals surface area contributed by atoms with Crippen LogP contribution in [0.15, 0.2) is 18.2 Å². The van der Waals surface area contributed by atoms with E-state index in [1.165, 1.54) is 11.9 Å². The zero-order valence-electron chi connectivity index (χ0n) is 16.1. The number of nitrogens with zero attached hydrogens (tertiary/aromatic N) is 1. The van der Waals surface area contributed by atoms with E-state index in [-0.39, 0.29) is 30.3 Å². The van der Waals surface area contributed by atoms with Gasteiger partial charge in [0.25, 0.3) is 0 Å². The number of amides is 1. The van der Waals surface area contributed by atoms with Crippen LogP contribution >= 0.6 is 23.2 Å². The highest BCUT2D eigenvalue weighted by atomic mass is 35.5. The fourth-order valence-corrected chi connectivity index (χ4v) is 4.99. The van der Waals surface area contributed by atoms with E-state index >= 15 is 0 Å². The molecule has 3 rings (SSSR count). The van der Waals surface area contributed by atoms with E-state index in [1.807, 2.05) is 6.07 Å². The van der Waals surface area contributed by atoms with Gasteiger partial charge in [-0.05, 0) is 43.4 Å². The van der Waals surface area contributed by atoms with Crippen LogP contribution in [0.5, 0.6) is 0 Å². The summed E-state index contributed by atoms with van der Waals surface area (Å²) in [4.78, 5) is 26.9. The van der Waals surface area contributed by atoms with E-state index in [0.29, 0.717) is 29.4 Å². The SMILES string of the molecule is COC1CCC(C(=O)[C@]2(N(C)C(=O)O)CNC[C@@H]2c2ccc(Cl)c(Cl)c2)CC1. The number of carbonyl (C=O) groups excluding carboxylic acids is 1. The molecule has 2 atom stereocenters. The predicted molar refractivity (Wildman–Crippen MR) is 108 cm³/mol. The van der Waals surface area contributed by atoms with Gasteiger partial charge < -0.3 is 15.2 Å². The number of carboxylic acid groups (broad SMARTS) is 1. The number of likely N-dealkylation sites (N-methyl/N-ethyl adjacent to an activating group) is 1. The third kappa shape index (κ3) is 3.75. The first-order valence-corrected chi connectivity index (χ1v) is 10.3. The number of ether oxygens (including phenoxy) is 1. The number of rotatable bonds is 5. The molecule has 1 heterocycles. The van der Waals surface area contributed by atoms with Crippen LogP contribution in [-0.4, -0.2) is 60.8 Å². The van der Waals surface area contributed by atoms with E-state index in [1.54, 1.807) is 19.2 Å². The highest BCUT2D eigenvalue weighted by Crippen LogP contribution is 2.42. The summed E-state index contributed by atoms with van der Waals surface area (Å²) < 4.78 is 5.41. The molecule has 28 heavy (non-hydrogen) atoms. The molecule has 1 saturated carbocycles. The van der Waals surface area contributed by atoms with Crippen LogP contribution in [0.4, 0.5) is 4.79 Å². The minimum Gasteiger partial charge on any atom is -0.465 e. The summed E-state index contributed by atoms with van der Waals surface area (Å²) in [5, 5.41) is 13.8. The van der Waals surface area contributed by atoms with Crippen LogP contribution in [0.2, 0.25) is 10.0 Å². The molecule has 6 nitrogen and oxygen atoms in total. The van der Waals surface area contributed by atoms with E-state index in [2.05, 4.69) is 5.32 Å². The average molecular weight is 429 g/mol. The normalized spacial score (nSPS) is 30.2. The van der Waals surface area contributed by atoms with Crippen molar-refractivity contribution in [2.75, 3.05) is 27.2 Å². The first-order valence-electron chi connectivity index (χ1n) is 9.50. The van der Waals surface area contributed by atoms with Crippen molar-refractivity contribution in [1.82, 2.24) is 10.2 Å². The molecule has 2 N–H and O–H groups in total. The molecule has 1 aromatic carbocycles. The summed E-state index contributed by atoms with van der Waals surface area (Å²) in [6, 6.07) is 5.25. The Bertz CT molecular complexity index is 752. The maximum Gasteiger partial charge on any atom is 0.407 e. The van der Waals surface area contributed by atoms with Gasteiger partial charge in [0.15, 0.2) is 5.78 Å². The Kier molecular flexibility index (Phi) is 6.54. The summed E-state index contributed by atoms with van der Waals surface area (Å²) in [5.74, 6) is -0.539. The summed E-state index contributed by atoms with van der Waals surface area (Å²) in [5.41, 5.74) is -0.362. The second kappa shape index (κ2) is 8.57. The quantitative estimate of drug-likeness (QED) is 0.745. The van der Waals surface area contributed by atoms with Gasteiger partial charge in [0.2, 0.25) is 0 Å². The largest absolute Gasteiger partial charge is 0.465 e. The Morgan fingerprint density at radius 3 is 2.46 bits per heavy atom. The van der Waals surface area contributed by atoms with Gasteiger partial charge in [-0.2, -0.15) is 0 Å². The van der Waals surface area contributed by atoms with E-state index in [4.69, 9.17) is 27.9 Å². The monoisotopic (exact) mass is 428 g/mol. The Morgan fingerprint density at radius 1 is 1.21 bits per heavy atom. The number of ketones is 1. The number of Topliss-reactive ketones (excluding diaryl/α,β-unsaturated/α-hetero) is 1. The number of hydrogen-bond acceptors (Lipinski definition) is 4. The molecular weight excluding hydrogens is 403 g/mol. The lowest BCUT2D eigenvalue weighted by atomic mass is 9.70. The highest BCUT2D eigenvalue weighted by Gasteiger charge is 2.56. The predicted octanol–water partition coefficient (Wildman–Crippen LogP) is 3.80. The second-order valence-electron chi connectivity index (χ2n) is 7.70. The number of methoxy groups -OCH3 is 1. The van der Waals surface area contributed by atoms with Crippen molar-refractivity contribution in [2.24, 2.45) is 5.92 Å². The van der Waals surface area contributed by atoms with Crippen molar-refractivity contribution in [1.29, 1.82) is 0 Å². The van der Waals surface area contributed by atoms with Crippen LogP contribution in [0, 0.1) is 5.92 Å². The van der Waals surface area contributed by atoms with Crippen molar-refractivity contribution >= 4 is 35.1 Å². The van der Waals surface area contributed by atoms with Gasteiger partial charge in [-0.25, -0.2) is 4.79 Å². The lowest BCUT2D eigenvalue weighted by Gasteiger charge is -2.43. The van der Waals surface area contributed by atoms with Crippen molar-refractivity contribution in [3.8, 4) is 0 Å². The standard InChI is InChI=1S/C20H26Cl2N2O4/c1-24(19(26)27)20(18(25)12-3-6-14(28-2)7-4-12)11-23-10-15(20)13-5-8-16(21)17(22)9-13/h5,8-9,12,14-15,23H,3-4,6-7,10-11H2,1-2H3,(H,26,27)/t12?,14?,15-,20+/m1/s1.